The molecule has 84 valence electrons. The fourth-order valence-electron chi connectivity index (χ4n) is 2.62. The zero-order valence-electron chi connectivity index (χ0n) is 9.87. The average Bonchev–Trinajstić information content (AvgIpc) is 2.65. The van der Waals surface area contributed by atoms with E-state index in [1.807, 2.05) is 0 Å². The van der Waals surface area contributed by atoms with Gasteiger partial charge in [0.1, 0.15) is 0 Å². The molecule has 2 rings (SSSR count). The molecule has 2 nitrogen and oxygen atoms in total. The van der Waals surface area contributed by atoms with Crippen LogP contribution in [-0.4, -0.2) is 37.6 Å². The smallest absolute Gasteiger partial charge is 0.0204 e. The number of allylic oxidation sites excluding steroid dienone is 3. The van der Waals surface area contributed by atoms with Crippen LogP contribution in [0.4, 0.5) is 0 Å². The normalized spacial score (nSPS) is 32.0. The van der Waals surface area contributed by atoms with Gasteiger partial charge in [-0.25, -0.2) is 0 Å². The van der Waals surface area contributed by atoms with E-state index in [0.29, 0.717) is 6.04 Å². The van der Waals surface area contributed by atoms with Crippen molar-refractivity contribution in [3.63, 3.8) is 0 Å². The second-order valence-electron chi connectivity index (χ2n) is 4.90. The van der Waals surface area contributed by atoms with Crippen LogP contribution in [0.2, 0.25) is 0 Å². The van der Waals surface area contributed by atoms with Crippen molar-refractivity contribution in [3.05, 3.63) is 23.8 Å². The Morgan fingerprint density at radius 1 is 1.53 bits per heavy atom. The molecule has 1 fully saturated rings. The van der Waals surface area contributed by atoms with Gasteiger partial charge in [0.15, 0.2) is 0 Å². The minimum atomic E-state index is 0.717. The molecule has 0 saturated carbocycles. The van der Waals surface area contributed by atoms with Crippen LogP contribution in [0.25, 0.3) is 0 Å². The molecule has 0 amide bonds. The molecule has 2 heteroatoms. The minimum absolute atomic E-state index is 0.717. The average molecular weight is 206 g/mol. The van der Waals surface area contributed by atoms with Crippen LogP contribution in [0.5, 0.6) is 0 Å². The maximum absolute atomic E-state index is 3.37. The highest BCUT2D eigenvalue weighted by atomic mass is 15.2. The Bertz CT molecular complexity index is 268. The van der Waals surface area contributed by atoms with Gasteiger partial charge in [-0.15, -0.1) is 0 Å². The second kappa shape index (κ2) is 4.95. The monoisotopic (exact) mass is 206 g/mol. The van der Waals surface area contributed by atoms with Gasteiger partial charge in [0.05, 0.1) is 0 Å². The van der Waals surface area contributed by atoms with Gasteiger partial charge >= 0.3 is 0 Å². The van der Waals surface area contributed by atoms with Crippen molar-refractivity contribution in [3.8, 4) is 0 Å². The molecule has 1 aliphatic heterocycles. The number of hydrogen-bond acceptors (Lipinski definition) is 2. The summed E-state index contributed by atoms with van der Waals surface area (Å²) in [6.45, 7) is 5.96. The van der Waals surface area contributed by atoms with Gasteiger partial charge in [-0.2, -0.15) is 0 Å². The Balaban J connectivity index is 1.79. The number of nitrogens with zero attached hydrogens (tertiary/aromatic N) is 1. The molecule has 15 heavy (non-hydrogen) atoms. The van der Waals surface area contributed by atoms with E-state index in [1.165, 1.54) is 38.0 Å². The Hall–Kier alpha value is -0.600. The van der Waals surface area contributed by atoms with Crippen LogP contribution in [0.1, 0.15) is 19.8 Å². The number of likely N-dealkylation sites (tertiary alicyclic amines) is 1. The molecule has 0 aromatic rings. The Morgan fingerprint density at radius 2 is 2.40 bits per heavy atom. The Morgan fingerprint density at radius 3 is 3.07 bits per heavy atom. The molecule has 1 N–H and O–H groups in total. The fraction of sp³-hybridized carbons (Fsp3) is 0.692. The van der Waals surface area contributed by atoms with E-state index in [4.69, 9.17) is 0 Å². The highest BCUT2D eigenvalue weighted by Crippen LogP contribution is 2.21. The standard InChI is InChI=1S/C13H22N2/c1-11-4-3-5-12(8-11)9-15-7-6-13(10-15)14-2/h3-5,12-14H,6-10H2,1-2H3. The second-order valence-corrected chi connectivity index (χ2v) is 4.90. The first-order chi connectivity index (χ1) is 7.28. The maximum atomic E-state index is 3.37. The third-order valence-electron chi connectivity index (χ3n) is 3.52. The minimum Gasteiger partial charge on any atom is -0.316 e. The lowest BCUT2D eigenvalue weighted by atomic mass is 9.95. The number of likely N-dealkylation sites (N-methyl/N-ethyl adjacent to an activating group) is 1. The van der Waals surface area contributed by atoms with Gasteiger partial charge in [-0.05, 0) is 39.3 Å². The number of hydrogen-bond donors (Lipinski definition) is 1. The summed E-state index contributed by atoms with van der Waals surface area (Å²) < 4.78 is 0. The van der Waals surface area contributed by atoms with Crippen LogP contribution in [0, 0.1) is 5.92 Å². The van der Waals surface area contributed by atoms with Crippen LogP contribution < -0.4 is 5.32 Å². The van der Waals surface area contributed by atoms with Crippen molar-refractivity contribution in [2.45, 2.75) is 25.8 Å². The first-order valence-corrected chi connectivity index (χ1v) is 6.01. The summed E-state index contributed by atoms with van der Waals surface area (Å²) >= 11 is 0. The molecule has 0 bridgehead atoms. The largest absolute Gasteiger partial charge is 0.316 e. The highest BCUT2D eigenvalue weighted by Gasteiger charge is 2.23. The molecule has 0 aromatic heterocycles. The fourth-order valence-corrected chi connectivity index (χ4v) is 2.62. The molecule has 2 atom stereocenters. The molecule has 1 aliphatic carbocycles. The van der Waals surface area contributed by atoms with Crippen molar-refractivity contribution < 1.29 is 0 Å². The van der Waals surface area contributed by atoms with Gasteiger partial charge in [0.25, 0.3) is 0 Å². The summed E-state index contributed by atoms with van der Waals surface area (Å²) in [5, 5.41) is 3.37. The van der Waals surface area contributed by atoms with E-state index < -0.39 is 0 Å². The van der Waals surface area contributed by atoms with E-state index in [9.17, 15) is 0 Å². The number of rotatable bonds is 3. The molecule has 1 heterocycles. The summed E-state index contributed by atoms with van der Waals surface area (Å²) in [4.78, 5) is 2.59. The van der Waals surface area contributed by atoms with Crippen molar-refractivity contribution >= 4 is 0 Å². The number of nitrogens with one attached hydrogen (secondary N) is 1. The van der Waals surface area contributed by atoms with Crippen molar-refractivity contribution in [2.24, 2.45) is 5.92 Å². The lowest BCUT2D eigenvalue weighted by molar-refractivity contribution is 0.294. The first-order valence-electron chi connectivity index (χ1n) is 6.01. The van der Waals surface area contributed by atoms with Gasteiger partial charge < -0.3 is 10.2 Å². The van der Waals surface area contributed by atoms with Gasteiger partial charge in [0, 0.05) is 19.1 Å². The molecule has 2 aliphatic rings. The van der Waals surface area contributed by atoms with Gasteiger partial charge in [-0.1, -0.05) is 23.8 Å². The predicted molar refractivity (Wildman–Crippen MR) is 64.9 cm³/mol. The molecule has 2 unspecified atom stereocenters. The van der Waals surface area contributed by atoms with E-state index in [2.05, 4.69) is 42.4 Å². The third-order valence-corrected chi connectivity index (χ3v) is 3.52. The van der Waals surface area contributed by atoms with Crippen LogP contribution in [0.15, 0.2) is 23.8 Å². The first kappa shape index (κ1) is 10.9. The Kier molecular flexibility index (Phi) is 3.60. The lowest BCUT2D eigenvalue weighted by Crippen LogP contribution is -2.32. The molecule has 0 spiro atoms. The van der Waals surface area contributed by atoms with Crippen molar-refractivity contribution in [2.75, 3.05) is 26.7 Å². The molecule has 1 saturated heterocycles. The summed E-state index contributed by atoms with van der Waals surface area (Å²) in [5.41, 5.74) is 1.52. The molecular weight excluding hydrogens is 184 g/mol. The van der Waals surface area contributed by atoms with Gasteiger partial charge in [-0.3, -0.25) is 0 Å². The van der Waals surface area contributed by atoms with Gasteiger partial charge in [0.2, 0.25) is 0 Å². The molecule has 0 radical (unpaired) electrons. The lowest BCUT2D eigenvalue weighted by Gasteiger charge is -2.23. The topological polar surface area (TPSA) is 15.3 Å². The van der Waals surface area contributed by atoms with Crippen molar-refractivity contribution in [1.82, 2.24) is 10.2 Å². The summed E-state index contributed by atoms with van der Waals surface area (Å²) in [5.74, 6) is 0.741. The van der Waals surface area contributed by atoms with Crippen LogP contribution in [-0.2, 0) is 0 Å². The summed E-state index contributed by atoms with van der Waals surface area (Å²) in [6, 6.07) is 0.717. The third kappa shape index (κ3) is 2.93. The molecule has 0 aromatic carbocycles. The predicted octanol–water partition coefficient (Wildman–Crippen LogP) is 1.80. The van der Waals surface area contributed by atoms with Crippen molar-refractivity contribution in [1.29, 1.82) is 0 Å². The quantitative estimate of drug-likeness (QED) is 0.757. The summed E-state index contributed by atoms with van der Waals surface area (Å²) in [7, 11) is 2.07. The zero-order valence-corrected chi connectivity index (χ0v) is 9.87. The Labute approximate surface area is 93.0 Å². The zero-order chi connectivity index (χ0) is 10.7. The van der Waals surface area contributed by atoms with E-state index in [0.717, 1.165) is 5.92 Å². The molecular formula is C13H22N2. The maximum Gasteiger partial charge on any atom is 0.0204 e. The van der Waals surface area contributed by atoms with E-state index in [1.54, 1.807) is 0 Å². The van der Waals surface area contributed by atoms with E-state index >= 15 is 0 Å². The highest BCUT2D eigenvalue weighted by molar-refractivity contribution is 5.18. The van der Waals surface area contributed by atoms with Crippen LogP contribution >= 0.6 is 0 Å². The SMILES string of the molecule is CNC1CCN(CC2C=CC=C(C)C2)C1. The summed E-state index contributed by atoms with van der Waals surface area (Å²) in [6.07, 6.45) is 9.37. The van der Waals surface area contributed by atoms with Crippen LogP contribution in [0.3, 0.4) is 0 Å². The van der Waals surface area contributed by atoms with E-state index in [-0.39, 0.29) is 0 Å².